The maximum atomic E-state index is 6.42. The van der Waals surface area contributed by atoms with E-state index in [1.54, 1.807) is 0 Å². The average Bonchev–Trinajstić information content (AvgIpc) is 1.91. The van der Waals surface area contributed by atoms with E-state index in [4.69, 9.17) is 8.23 Å². The first-order valence-corrected chi connectivity index (χ1v) is 17.8. The van der Waals surface area contributed by atoms with Crippen LogP contribution in [0.1, 0.15) is 6.42 Å². The first-order chi connectivity index (χ1) is 7.62. The summed E-state index contributed by atoms with van der Waals surface area (Å²) in [5.41, 5.74) is 0. The topological polar surface area (TPSA) is 18.5 Å². The lowest BCUT2D eigenvalue weighted by Gasteiger charge is -2.39. The lowest BCUT2D eigenvalue weighted by Crippen LogP contribution is -2.52. The van der Waals surface area contributed by atoms with Gasteiger partial charge in [-0.25, -0.2) is 0 Å². The predicted octanol–water partition coefficient (Wildman–Crippen LogP) is 5.99. The molecule has 0 amide bonds. The highest BCUT2D eigenvalue weighted by molar-refractivity contribution is 9.39. The Labute approximate surface area is 140 Å². The van der Waals surface area contributed by atoms with Gasteiger partial charge in [-0.2, -0.15) is 0 Å². The van der Waals surface area contributed by atoms with Gasteiger partial charge >= 0.3 is 8.56 Å². The van der Waals surface area contributed by atoms with Crippen molar-refractivity contribution in [2.24, 2.45) is 0 Å². The van der Waals surface area contributed by atoms with Gasteiger partial charge in [0.15, 0.2) is 16.6 Å². The minimum absolute atomic E-state index is 0.202. The normalized spacial score (nSPS) is 15.0. The van der Waals surface area contributed by atoms with Crippen LogP contribution in [0.3, 0.4) is 0 Å². The molecule has 0 rings (SSSR count). The van der Waals surface area contributed by atoms with E-state index in [1.165, 1.54) is 0 Å². The minimum Gasteiger partial charge on any atom is -0.437 e. The summed E-state index contributed by atoms with van der Waals surface area (Å²) in [6.07, 6.45) is 0.935. The largest absolute Gasteiger partial charge is 0.437 e. The summed E-state index contributed by atoms with van der Waals surface area (Å²) < 4.78 is 12.6. The summed E-state index contributed by atoms with van der Waals surface area (Å²) in [6.45, 7) is 15.6. The van der Waals surface area contributed by atoms with Crippen LogP contribution >= 0.6 is 47.8 Å². The molecule has 0 saturated carbocycles. The van der Waals surface area contributed by atoms with Gasteiger partial charge in [-0.05, 0) is 58.3 Å². The van der Waals surface area contributed by atoms with Crippen molar-refractivity contribution in [1.82, 2.24) is 0 Å². The molecule has 0 saturated heterocycles. The van der Waals surface area contributed by atoms with Gasteiger partial charge < -0.3 is 8.23 Å². The molecule has 0 fully saturated rings. The fourth-order valence-electron chi connectivity index (χ4n) is 1.79. The van der Waals surface area contributed by atoms with Crippen LogP contribution < -0.4 is 0 Å². The fourth-order valence-corrected chi connectivity index (χ4v) is 16.0. The van der Waals surface area contributed by atoms with E-state index in [2.05, 4.69) is 93.6 Å². The Morgan fingerprint density at radius 3 is 1.33 bits per heavy atom. The molecule has 0 atom stereocenters. The Hall–Kier alpha value is 2.01. The van der Waals surface area contributed by atoms with E-state index < -0.39 is 25.2 Å². The number of halogens is 3. The average molecular weight is 501 g/mol. The molecular weight excluding hydrogens is 476 g/mol. The van der Waals surface area contributed by atoms with Crippen molar-refractivity contribution >= 4 is 73.0 Å². The molecule has 0 radical (unpaired) electrons. The molecule has 0 unspecified atom stereocenters. The Bertz CT molecular complexity index is 253. The second-order valence-electron chi connectivity index (χ2n) is 6.68. The third-order valence-corrected chi connectivity index (χ3v) is 12.6. The molecule has 8 heteroatoms. The summed E-state index contributed by atoms with van der Waals surface area (Å²) in [4.78, 5) is 0. The van der Waals surface area contributed by atoms with E-state index in [0.29, 0.717) is 0 Å². The fraction of sp³-hybridized carbons (Fsp3) is 1.00. The molecule has 110 valence electrons. The van der Waals surface area contributed by atoms with Crippen molar-refractivity contribution in [3.63, 3.8) is 0 Å². The number of hydrogen-bond acceptors (Lipinski definition) is 2. The minimum atomic E-state index is -2.10. The molecule has 0 aliphatic rings. The van der Waals surface area contributed by atoms with Crippen molar-refractivity contribution in [1.29, 1.82) is 0 Å². The molecule has 0 heterocycles. The smallest absolute Gasteiger partial charge is 0.314 e. The highest BCUT2D eigenvalue weighted by atomic mass is 80.0. The van der Waals surface area contributed by atoms with E-state index in [0.717, 1.165) is 12.5 Å². The molecule has 0 bridgehead atoms. The lowest BCUT2D eigenvalue weighted by molar-refractivity contribution is 0.382. The van der Waals surface area contributed by atoms with Gasteiger partial charge in [-0.15, -0.1) is 0 Å². The molecule has 18 heavy (non-hydrogen) atoms. The van der Waals surface area contributed by atoms with Gasteiger partial charge in [0, 0.05) is 0 Å². The second kappa shape index (κ2) is 6.85. The van der Waals surface area contributed by atoms with Crippen molar-refractivity contribution in [3.05, 3.63) is 0 Å². The lowest BCUT2D eigenvalue weighted by atomic mass is 10.6. The van der Waals surface area contributed by atoms with Crippen molar-refractivity contribution in [3.8, 4) is 0 Å². The summed E-state index contributed by atoms with van der Waals surface area (Å²) in [6, 6.07) is 0.975. The zero-order valence-electron chi connectivity index (χ0n) is 12.4. The molecule has 0 aromatic carbocycles. The molecule has 0 aromatic heterocycles. The standard InChI is InChI=1S/C10H25Br3O2Si3/c1-16(2,3)14-18(7,15-17(4,5)6)9-8-10(11,12)13/h8-9H2,1-7H3. The summed E-state index contributed by atoms with van der Waals surface area (Å²) in [5.74, 6) is 0. The Kier molecular flexibility index (Phi) is 7.61. The Morgan fingerprint density at radius 2 is 1.11 bits per heavy atom. The molecule has 0 aliphatic heterocycles. The van der Waals surface area contributed by atoms with Crippen LogP contribution in [0, 0.1) is 0 Å². The van der Waals surface area contributed by atoms with E-state index in [-0.39, 0.29) is 2.14 Å². The van der Waals surface area contributed by atoms with Crippen LogP contribution in [-0.2, 0) is 8.23 Å². The molecular formula is C10H25Br3O2Si3. The highest BCUT2D eigenvalue weighted by Gasteiger charge is 2.41. The van der Waals surface area contributed by atoms with Crippen LogP contribution in [0.2, 0.25) is 51.9 Å². The van der Waals surface area contributed by atoms with Crippen molar-refractivity contribution < 1.29 is 8.23 Å². The SMILES string of the molecule is C[Si](C)(C)O[Si](C)(CCC(Br)(Br)Br)O[Si](C)(C)C. The maximum Gasteiger partial charge on any atom is 0.314 e. The molecule has 0 aliphatic carbocycles. The van der Waals surface area contributed by atoms with E-state index in [9.17, 15) is 0 Å². The molecule has 2 nitrogen and oxygen atoms in total. The maximum absolute atomic E-state index is 6.42. The van der Waals surface area contributed by atoms with Crippen LogP contribution in [0.15, 0.2) is 0 Å². The molecule has 0 spiro atoms. The summed E-state index contributed by atoms with van der Waals surface area (Å²) in [7, 11) is -5.25. The quantitative estimate of drug-likeness (QED) is 0.329. The Balaban J connectivity index is 4.81. The third kappa shape index (κ3) is 11.8. The van der Waals surface area contributed by atoms with Gasteiger partial charge in [0.05, 0.1) is 0 Å². The monoisotopic (exact) mass is 498 g/mol. The van der Waals surface area contributed by atoms with E-state index >= 15 is 0 Å². The van der Waals surface area contributed by atoms with Gasteiger partial charge in [-0.1, -0.05) is 47.8 Å². The first-order valence-electron chi connectivity index (χ1n) is 6.09. The van der Waals surface area contributed by atoms with Crippen LogP contribution in [0.5, 0.6) is 0 Å². The van der Waals surface area contributed by atoms with Crippen LogP contribution in [0.25, 0.3) is 0 Å². The summed E-state index contributed by atoms with van der Waals surface area (Å²) in [5, 5.41) is 0. The van der Waals surface area contributed by atoms with Gasteiger partial charge in [-0.3, -0.25) is 0 Å². The number of rotatable bonds is 6. The number of alkyl halides is 3. The third-order valence-electron chi connectivity index (χ3n) is 1.91. The predicted molar refractivity (Wildman–Crippen MR) is 99.4 cm³/mol. The second-order valence-corrected chi connectivity index (χ2v) is 26.8. The van der Waals surface area contributed by atoms with Crippen LogP contribution in [0.4, 0.5) is 0 Å². The van der Waals surface area contributed by atoms with Gasteiger partial charge in [0.1, 0.15) is 2.14 Å². The van der Waals surface area contributed by atoms with Crippen molar-refractivity contribution in [2.75, 3.05) is 0 Å². The van der Waals surface area contributed by atoms with Crippen molar-refractivity contribution in [2.45, 2.75) is 60.4 Å². The highest BCUT2D eigenvalue weighted by Crippen LogP contribution is 2.40. The molecule has 0 aromatic rings. The zero-order valence-corrected chi connectivity index (χ0v) is 20.1. The molecule has 0 N–H and O–H groups in total. The summed E-state index contributed by atoms with van der Waals surface area (Å²) >= 11 is 10.7. The Morgan fingerprint density at radius 1 is 0.778 bits per heavy atom. The van der Waals surface area contributed by atoms with Gasteiger partial charge in [0.25, 0.3) is 0 Å². The van der Waals surface area contributed by atoms with Gasteiger partial charge in [0.2, 0.25) is 0 Å². The zero-order chi connectivity index (χ0) is 14.8. The van der Waals surface area contributed by atoms with Crippen LogP contribution in [-0.4, -0.2) is 27.3 Å². The first kappa shape index (κ1) is 20.0. The van der Waals surface area contributed by atoms with E-state index in [1.807, 2.05) is 0 Å². The number of hydrogen-bond donors (Lipinski definition) is 0.